The largest absolute Gasteiger partial charge is 0.298 e. The van der Waals surface area contributed by atoms with Gasteiger partial charge in [-0.3, -0.25) is 9.69 Å². The predicted molar refractivity (Wildman–Crippen MR) is 65.0 cm³/mol. The maximum absolute atomic E-state index is 11.4. The molecule has 0 aromatic rings. The summed E-state index contributed by atoms with van der Waals surface area (Å²) in [5, 5.41) is 0. The van der Waals surface area contributed by atoms with Crippen molar-refractivity contribution >= 4 is 17.5 Å². The highest BCUT2D eigenvalue weighted by Gasteiger charge is 2.14. The average molecular weight is 217 g/mol. The third kappa shape index (κ3) is 5.66. The van der Waals surface area contributed by atoms with Gasteiger partial charge in [0.2, 0.25) is 0 Å². The first-order valence-electron chi connectivity index (χ1n) is 5.36. The fourth-order valence-corrected chi connectivity index (χ4v) is 2.39. The zero-order valence-corrected chi connectivity index (χ0v) is 10.7. The summed E-state index contributed by atoms with van der Waals surface area (Å²) in [6.45, 7) is 4.85. The number of rotatable bonds is 8. The van der Waals surface area contributed by atoms with Crippen molar-refractivity contribution in [3.8, 4) is 0 Å². The van der Waals surface area contributed by atoms with Gasteiger partial charge in [-0.1, -0.05) is 13.8 Å². The van der Waals surface area contributed by atoms with E-state index < -0.39 is 0 Å². The lowest BCUT2D eigenvalue weighted by atomic mass is 10.2. The van der Waals surface area contributed by atoms with Crippen LogP contribution in [-0.2, 0) is 4.79 Å². The van der Waals surface area contributed by atoms with E-state index in [0.717, 1.165) is 25.0 Å². The van der Waals surface area contributed by atoms with E-state index in [-0.39, 0.29) is 0 Å². The van der Waals surface area contributed by atoms with Gasteiger partial charge in [0.15, 0.2) is 0 Å². The molecule has 1 unspecified atom stereocenters. The van der Waals surface area contributed by atoms with Crippen molar-refractivity contribution in [3.05, 3.63) is 0 Å². The number of hydrogen-bond acceptors (Lipinski definition) is 3. The maximum Gasteiger partial charge on any atom is 0.146 e. The second-order valence-electron chi connectivity index (χ2n) is 3.72. The summed E-state index contributed by atoms with van der Waals surface area (Å²) in [5.41, 5.74) is 0. The SMILES string of the molecule is CCCC(=O)CN(C)C(CC)CSC. The third-order valence-corrected chi connectivity index (χ3v) is 3.13. The molecule has 0 spiro atoms. The van der Waals surface area contributed by atoms with Gasteiger partial charge in [-0.05, 0) is 26.1 Å². The molecule has 2 nitrogen and oxygen atoms in total. The Kier molecular flexibility index (Phi) is 8.29. The number of hydrogen-bond donors (Lipinski definition) is 0. The van der Waals surface area contributed by atoms with Gasteiger partial charge in [0.1, 0.15) is 5.78 Å². The highest BCUT2D eigenvalue weighted by atomic mass is 32.2. The van der Waals surface area contributed by atoms with Crippen LogP contribution in [0.5, 0.6) is 0 Å². The number of likely N-dealkylation sites (N-methyl/N-ethyl adjacent to an activating group) is 1. The molecule has 1 atom stereocenters. The van der Waals surface area contributed by atoms with E-state index in [4.69, 9.17) is 0 Å². The second-order valence-corrected chi connectivity index (χ2v) is 4.63. The van der Waals surface area contributed by atoms with Crippen LogP contribution < -0.4 is 0 Å². The molecule has 0 heterocycles. The minimum Gasteiger partial charge on any atom is -0.298 e. The summed E-state index contributed by atoms with van der Waals surface area (Å²) in [5.74, 6) is 1.49. The number of carbonyl (C=O) groups is 1. The molecule has 0 N–H and O–H groups in total. The van der Waals surface area contributed by atoms with Crippen molar-refractivity contribution in [3.63, 3.8) is 0 Å². The lowest BCUT2D eigenvalue weighted by molar-refractivity contribution is -0.120. The van der Waals surface area contributed by atoms with Crippen LogP contribution in [0.15, 0.2) is 0 Å². The molecule has 0 bridgehead atoms. The first-order chi connectivity index (χ1) is 6.65. The Bertz CT molecular complexity index is 161. The van der Waals surface area contributed by atoms with Crippen LogP contribution in [-0.4, -0.2) is 42.3 Å². The molecule has 0 rings (SSSR count). The highest BCUT2D eigenvalue weighted by molar-refractivity contribution is 7.98. The van der Waals surface area contributed by atoms with Gasteiger partial charge in [-0.15, -0.1) is 0 Å². The van der Waals surface area contributed by atoms with Crippen molar-refractivity contribution in [2.45, 2.75) is 39.2 Å². The molecule has 0 aromatic heterocycles. The molecule has 0 fully saturated rings. The summed E-state index contributed by atoms with van der Waals surface area (Å²) in [6, 6.07) is 0.547. The number of Topliss-reactive ketones (excluding diaryl/α,β-unsaturated/α-hetero) is 1. The van der Waals surface area contributed by atoms with Crippen LogP contribution in [0.4, 0.5) is 0 Å². The standard InChI is InChI=1S/C11H23NOS/c1-5-7-11(13)8-12(3)10(6-2)9-14-4/h10H,5-9H2,1-4H3. The van der Waals surface area contributed by atoms with Crippen LogP contribution in [0, 0.1) is 0 Å². The Morgan fingerprint density at radius 3 is 2.50 bits per heavy atom. The Morgan fingerprint density at radius 2 is 2.07 bits per heavy atom. The first-order valence-corrected chi connectivity index (χ1v) is 6.75. The molecule has 0 saturated carbocycles. The smallest absolute Gasteiger partial charge is 0.146 e. The van der Waals surface area contributed by atoms with E-state index in [1.54, 1.807) is 0 Å². The predicted octanol–water partition coefficient (Wildman–Crippen LogP) is 2.43. The monoisotopic (exact) mass is 217 g/mol. The molecule has 0 aliphatic rings. The number of nitrogens with zero attached hydrogens (tertiary/aromatic N) is 1. The zero-order valence-electron chi connectivity index (χ0n) is 9.88. The lowest BCUT2D eigenvalue weighted by Crippen LogP contribution is -2.37. The van der Waals surface area contributed by atoms with E-state index >= 15 is 0 Å². The molecule has 0 amide bonds. The quantitative estimate of drug-likeness (QED) is 0.623. The topological polar surface area (TPSA) is 20.3 Å². The third-order valence-electron chi connectivity index (χ3n) is 2.41. The molecule has 0 aliphatic carbocycles. The van der Waals surface area contributed by atoms with Gasteiger partial charge in [0.25, 0.3) is 0 Å². The minimum absolute atomic E-state index is 0.370. The van der Waals surface area contributed by atoms with Gasteiger partial charge in [0, 0.05) is 18.2 Å². The van der Waals surface area contributed by atoms with Crippen molar-refractivity contribution in [2.75, 3.05) is 25.6 Å². The first kappa shape index (κ1) is 14.0. The molecular weight excluding hydrogens is 194 g/mol. The van der Waals surface area contributed by atoms with Crippen LogP contribution in [0.25, 0.3) is 0 Å². The number of carbonyl (C=O) groups excluding carboxylic acids is 1. The summed E-state index contributed by atoms with van der Waals surface area (Å²) >= 11 is 1.85. The Labute approximate surface area is 92.4 Å². The Morgan fingerprint density at radius 1 is 1.43 bits per heavy atom. The van der Waals surface area contributed by atoms with E-state index in [9.17, 15) is 4.79 Å². The molecule has 0 saturated heterocycles. The van der Waals surface area contributed by atoms with Crippen LogP contribution in [0.3, 0.4) is 0 Å². The molecule has 84 valence electrons. The number of thioether (sulfide) groups is 1. The lowest BCUT2D eigenvalue weighted by Gasteiger charge is -2.25. The summed E-state index contributed by atoms with van der Waals surface area (Å²) in [4.78, 5) is 13.6. The van der Waals surface area contributed by atoms with Gasteiger partial charge in [-0.2, -0.15) is 11.8 Å². The molecule has 0 radical (unpaired) electrons. The van der Waals surface area contributed by atoms with E-state index in [1.165, 1.54) is 0 Å². The number of ketones is 1. The van der Waals surface area contributed by atoms with Crippen LogP contribution >= 0.6 is 11.8 Å². The van der Waals surface area contributed by atoms with Crippen molar-refractivity contribution in [2.24, 2.45) is 0 Å². The Hall–Kier alpha value is -0.0200. The fraction of sp³-hybridized carbons (Fsp3) is 0.909. The zero-order chi connectivity index (χ0) is 11.0. The van der Waals surface area contributed by atoms with Gasteiger partial charge in [0.05, 0.1) is 6.54 Å². The molecule has 14 heavy (non-hydrogen) atoms. The van der Waals surface area contributed by atoms with E-state index in [1.807, 2.05) is 11.8 Å². The maximum atomic E-state index is 11.4. The normalized spacial score (nSPS) is 13.2. The van der Waals surface area contributed by atoms with Crippen molar-refractivity contribution < 1.29 is 4.79 Å². The van der Waals surface area contributed by atoms with E-state index in [2.05, 4.69) is 32.1 Å². The van der Waals surface area contributed by atoms with E-state index in [0.29, 0.717) is 18.4 Å². The highest BCUT2D eigenvalue weighted by Crippen LogP contribution is 2.08. The van der Waals surface area contributed by atoms with Crippen LogP contribution in [0.1, 0.15) is 33.1 Å². The van der Waals surface area contributed by atoms with Gasteiger partial charge < -0.3 is 0 Å². The summed E-state index contributed by atoms with van der Waals surface area (Å²) in [6.07, 6.45) is 4.92. The molecule has 3 heteroatoms. The summed E-state index contributed by atoms with van der Waals surface area (Å²) < 4.78 is 0. The molecular formula is C11H23NOS. The van der Waals surface area contributed by atoms with Gasteiger partial charge in [-0.25, -0.2) is 0 Å². The van der Waals surface area contributed by atoms with Crippen molar-refractivity contribution in [1.82, 2.24) is 4.90 Å². The summed E-state index contributed by atoms with van der Waals surface area (Å²) in [7, 11) is 2.05. The molecule has 0 aromatic carbocycles. The van der Waals surface area contributed by atoms with Crippen molar-refractivity contribution in [1.29, 1.82) is 0 Å². The second kappa shape index (κ2) is 8.30. The molecule has 0 aliphatic heterocycles. The fourth-order valence-electron chi connectivity index (χ4n) is 1.51. The Balaban J connectivity index is 3.89. The average Bonchev–Trinajstić information content (AvgIpc) is 2.14. The minimum atomic E-state index is 0.370. The van der Waals surface area contributed by atoms with Gasteiger partial charge >= 0.3 is 0 Å². The van der Waals surface area contributed by atoms with Crippen LogP contribution in [0.2, 0.25) is 0 Å².